The number of phenolic OH excluding ortho intramolecular Hbond substituents is 1. The van der Waals surface area contributed by atoms with E-state index in [1.807, 2.05) is 0 Å². The SMILES string of the molecule is COc1cc(O)cc(Nc2nc3ccccc3nc2NS(=O)(=O)c2cccc(NC(=O)Cc3cccc(Cl)c3)c2)c1. The second-order valence-corrected chi connectivity index (χ2v) is 11.1. The van der Waals surface area contributed by atoms with Crippen molar-refractivity contribution in [2.45, 2.75) is 11.3 Å². The molecule has 0 saturated carbocycles. The number of sulfonamides is 1. The van der Waals surface area contributed by atoms with E-state index in [1.54, 1.807) is 60.7 Å². The summed E-state index contributed by atoms with van der Waals surface area (Å²) in [5, 5.41) is 16.3. The number of phenols is 1. The first-order chi connectivity index (χ1) is 19.7. The molecule has 5 rings (SSSR count). The Morgan fingerprint density at radius 1 is 0.878 bits per heavy atom. The molecule has 5 aromatic rings. The zero-order chi connectivity index (χ0) is 29.0. The van der Waals surface area contributed by atoms with Crippen LogP contribution in [-0.2, 0) is 21.2 Å². The highest BCUT2D eigenvalue weighted by Gasteiger charge is 2.20. The van der Waals surface area contributed by atoms with E-state index in [-0.39, 0.29) is 34.6 Å². The largest absolute Gasteiger partial charge is 0.508 e. The van der Waals surface area contributed by atoms with Crippen molar-refractivity contribution >= 4 is 61.6 Å². The Morgan fingerprint density at radius 2 is 1.61 bits per heavy atom. The molecular formula is C29H24ClN5O5S. The Bertz CT molecular complexity index is 1870. The highest BCUT2D eigenvalue weighted by atomic mass is 35.5. The lowest BCUT2D eigenvalue weighted by molar-refractivity contribution is -0.115. The highest BCUT2D eigenvalue weighted by molar-refractivity contribution is 7.92. The van der Waals surface area contributed by atoms with Crippen LogP contribution in [0.5, 0.6) is 11.5 Å². The lowest BCUT2D eigenvalue weighted by atomic mass is 10.1. The number of hydrogen-bond acceptors (Lipinski definition) is 8. The Kier molecular flexibility index (Phi) is 7.90. The predicted molar refractivity (Wildman–Crippen MR) is 159 cm³/mol. The van der Waals surface area contributed by atoms with Crippen LogP contribution in [0.3, 0.4) is 0 Å². The van der Waals surface area contributed by atoms with Crippen LogP contribution in [0.1, 0.15) is 5.56 Å². The zero-order valence-corrected chi connectivity index (χ0v) is 23.2. The number of anilines is 4. The van der Waals surface area contributed by atoms with Crippen molar-refractivity contribution in [2.24, 2.45) is 0 Å². The van der Waals surface area contributed by atoms with Gasteiger partial charge in [-0.25, -0.2) is 18.4 Å². The predicted octanol–water partition coefficient (Wildman–Crippen LogP) is 5.72. The number of amides is 1. The van der Waals surface area contributed by atoms with Gasteiger partial charge in [0.2, 0.25) is 5.91 Å². The summed E-state index contributed by atoms with van der Waals surface area (Å²) in [4.78, 5) is 21.5. The minimum absolute atomic E-state index is 0.0584. The van der Waals surface area contributed by atoms with Gasteiger partial charge in [0.1, 0.15) is 11.5 Å². The highest BCUT2D eigenvalue weighted by Crippen LogP contribution is 2.31. The van der Waals surface area contributed by atoms with Gasteiger partial charge in [0.25, 0.3) is 10.0 Å². The molecule has 0 fully saturated rings. The fraction of sp³-hybridized carbons (Fsp3) is 0.0690. The second kappa shape index (κ2) is 11.7. The normalized spacial score (nSPS) is 11.2. The maximum absolute atomic E-state index is 13.5. The molecule has 0 atom stereocenters. The molecule has 1 heterocycles. The molecule has 0 spiro atoms. The van der Waals surface area contributed by atoms with Crippen molar-refractivity contribution in [3.05, 3.63) is 102 Å². The van der Waals surface area contributed by atoms with Crippen LogP contribution in [0.25, 0.3) is 11.0 Å². The lowest BCUT2D eigenvalue weighted by Gasteiger charge is -2.15. The Balaban J connectivity index is 1.42. The van der Waals surface area contributed by atoms with Crippen molar-refractivity contribution < 1.29 is 23.1 Å². The summed E-state index contributed by atoms with van der Waals surface area (Å²) in [6.07, 6.45) is 0.0668. The van der Waals surface area contributed by atoms with E-state index in [2.05, 4.69) is 25.3 Å². The molecule has 0 radical (unpaired) electrons. The van der Waals surface area contributed by atoms with Gasteiger partial charge in [0, 0.05) is 34.6 Å². The Morgan fingerprint density at radius 3 is 2.34 bits per heavy atom. The number of nitrogens with zero attached hydrogens (tertiary/aromatic N) is 2. The van der Waals surface area contributed by atoms with Crippen LogP contribution >= 0.6 is 11.6 Å². The molecule has 208 valence electrons. The van der Waals surface area contributed by atoms with E-state index in [0.717, 1.165) is 5.56 Å². The summed E-state index contributed by atoms with van der Waals surface area (Å²) < 4.78 is 34.6. The smallest absolute Gasteiger partial charge is 0.263 e. The number of aromatic nitrogens is 2. The monoisotopic (exact) mass is 589 g/mol. The molecule has 4 N–H and O–H groups in total. The van der Waals surface area contributed by atoms with Gasteiger partial charge >= 0.3 is 0 Å². The fourth-order valence-electron chi connectivity index (χ4n) is 4.03. The number of carbonyl (C=O) groups is 1. The van der Waals surface area contributed by atoms with Crippen molar-refractivity contribution in [1.82, 2.24) is 9.97 Å². The van der Waals surface area contributed by atoms with Crippen LogP contribution in [0.4, 0.5) is 23.0 Å². The lowest BCUT2D eigenvalue weighted by Crippen LogP contribution is -2.17. The number of rotatable bonds is 9. The molecule has 1 aromatic heterocycles. The molecule has 10 nitrogen and oxygen atoms in total. The van der Waals surface area contributed by atoms with Crippen LogP contribution in [0.2, 0.25) is 5.02 Å². The topological polar surface area (TPSA) is 143 Å². The number of ether oxygens (including phenoxy) is 1. The molecule has 0 unspecified atom stereocenters. The Hall–Kier alpha value is -4.87. The minimum atomic E-state index is -4.18. The van der Waals surface area contributed by atoms with Gasteiger partial charge in [-0.15, -0.1) is 0 Å². The van der Waals surface area contributed by atoms with Gasteiger partial charge in [-0.3, -0.25) is 9.52 Å². The van der Waals surface area contributed by atoms with E-state index >= 15 is 0 Å². The molecule has 0 saturated heterocycles. The second-order valence-electron chi connectivity index (χ2n) is 8.94. The number of nitrogens with one attached hydrogen (secondary N) is 3. The van der Waals surface area contributed by atoms with E-state index in [9.17, 15) is 18.3 Å². The number of halogens is 1. The fourth-order valence-corrected chi connectivity index (χ4v) is 5.30. The number of fused-ring (bicyclic) bond motifs is 1. The first-order valence-corrected chi connectivity index (χ1v) is 14.1. The van der Waals surface area contributed by atoms with Crippen LogP contribution in [-0.4, -0.2) is 36.5 Å². The van der Waals surface area contributed by atoms with Gasteiger partial charge in [0.05, 0.1) is 29.5 Å². The van der Waals surface area contributed by atoms with Crippen LogP contribution in [0.15, 0.2) is 95.9 Å². The quantitative estimate of drug-likeness (QED) is 0.171. The van der Waals surface area contributed by atoms with E-state index < -0.39 is 10.0 Å². The van der Waals surface area contributed by atoms with Gasteiger partial charge < -0.3 is 20.5 Å². The van der Waals surface area contributed by atoms with Gasteiger partial charge in [-0.1, -0.05) is 41.9 Å². The average Bonchev–Trinajstić information content (AvgIpc) is 2.93. The molecule has 12 heteroatoms. The van der Waals surface area contributed by atoms with Crippen molar-refractivity contribution in [3.8, 4) is 11.5 Å². The molecule has 41 heavy (non-hydrogen) atoms. The Labute approximate surface area is 241 Å². The van der Waals surface area contributed by atoms with Crippen LogP contribution in [0, 0.1) is 0 Å². The summed E-state index contributed by atoms with van der Waals surface area (Å²) in [5.74, 6) is 0.0325. The molecule has 0 aliphatic rings. The molecular weight excluding hydrogens is 566 g/mol. The molecule has 0 aliphatic heterocycles. The summed E-state index contributed by atoms with van der Waals surface area (Å²) in [6.45, 7) is 0. The first kappa shape index (κ1) is 27.7. The zero-order valence-electron chi connectivity index (χ0n) is 21.6. The molecule has 0 bridgehead atoms. The molecule has 1 amide bonds. The van der Waals surface area contributed by atoms with Crippen molar-refractivity contribution in [1.29, 1.82) is 0 Å². The number of hydrogen-bond donors (Lipinski definition) is 4. The third-order valence-electron chi connectivity index (χ3n) is 5.87. The van der Waals surface area contributed by atoms with E-state index in [0.29, 0.717) is 33.2 Å². The third-order valence-corrected chi connectivity index (χ3v) is 7.44. The van der Waals surface area contributed by atoms with Gasteiger partial charge in [-0.2, -0.15) is 0 Å². The first-order valence-electron chi connectivity index (χ1n) is 12.3. The molecule has 4 aromatic carbocycles. The minimum Gasteiger partial charge on any atom is -0.508 e. The number of carbonyl (C=O) groups excluding carboxylic acids is 1. The summed E-state index contributed by atoms with van der Waals surface area (Å²) in [7, 11) is -2.72. The van der Waals surface area contributed by atoms with E-state index in [1.165, 1.54) is 37.4 Å². The molecule has 0 aliphatic carbocycles. The average molecular weight is 590 g/mol. The van der Waals surface area contributed by atoms with Gasteiger partial charge in [0.15, 0.2) is 11.6 Å². The number of aromatic hydroxyl groups is 1. The number of para-hydroxylation sites is 2. The van der Waals surface area contributed by atoms with Crippen molar-refractivity contribution in [3.63, 3.8) is 0 Å². The van der Waals surface area contributed by atoms with Crippen LogP contribution < -0.4 is 20.1 Å². The third kappa shape index (κ3) is 6.83. The van der Waals surface area contributed by atoms with Gasteiger partial charge in [-0.05, 0) is 48.0 Å². The summed E-state index contributed by atoms with van der Waals surface area (Å²) in [5.41, 5.74) is 2.41. The maximum atomic E-state index is 13.5. The number of methoxy groups -OCH3 is 1. The summed E-state index contributed by atoms with van der Waals surface area (Å²) in [6, 6.07) is 24.3. The van der Waals surface area contributed by atoms with Crippen molar-refractivity contribution in [2.75, 3.05) is 22.5 Å². The maximum Gasteiger partial charge on any atom is 0.263 e. The van der Waals surface area contributed by atoms with E-state index in [4.69, 9.17) is 16.3 Å². The summed E-state index contributed by atoms with van der Waals surface area (Å²) >= 11 is 6.00. The standard InChI is InChI=1S/C29H24ClN5O5S/c1-40-23-15-21(14-22(36)17-23)32-28-29(34-26-11-3-2-10-25(26)33-28)35-41(38,39)24-9-5-8-20(16-24)31-27(37)13-18-6-4-7-19(30)12-18/h2-12,14-17,36H,13H2,1H3,(H,31,37)(H,32,33)(H,34,35). The number of benzene rings is 4.